The summed E-state index contributed by atoms with van der Waals surface area (Å²) in [6.07, 6.45) is 4.48. The predicted molar refractivity (Wildman–Crippen MR) is 148 cm³/mol. The number of hydrogen-bond donors (Lipinski definition) is 0. The van der Waals surface area contributed by atoms with Crippen molar-refractivity contribution in [3.05, 3.63) is 41.5 Å². The van der Waals surface area contributed by atoms with Crippen LogP contribution in [-0.2, 0) is 14.3 Å². The highest BCUT2D eigenvalue weighted by molar-refractivity contribution is 6.83. The number of ether oxygens (including phenoxy) is 2. The molecule has 1 saturated carbocycles. The summed E-state index contributed by atoms with van der Waals surface area (Å²) < 4.78 is 17.4. The largest absolute Gasteiger partial charge is 0.462 e. The van der Waals surface area contributed by atoms with Gasteiger partial charge in [0.25, 0.3) is 0 Å². The molecule has 1 aromatic heterocycles. The van der Waals surface area contributed by atoms with E-state index in [-0.39, 0.29) is 35.9 Å². The summed E-state index contributed by atoms with van der Waals surface area (Å²) in [6.45, 7) is 11.9. The third-order valence-corrected chi connectivity index (χ3v) is 7.93. The van der Waals surface area contributed by atoms with Gasteiger partial charge >= 0.3 is 5.97 Å². The molecule has 0 spiro atoms. The maximum Gasteiger partial charge on any atom is 0.343 e. The molecule has 6 nitrogen and oxygen atoms in total. The molecular weight excluding hydrogens is 482 g/mol. The van der Waals surface area contributed by atoms with Crippen LogP contribution in [0.3, 0.4) is 0 Å². The SMILES string of the molecule is CCOC(=O)c1cc(-c2ccc(C#C[Si](C)(C)C)cc2)oc1N(C(=O)C1CCC(C)CC1)C1CCOC1. The lowest BCUT2D eigenvalue weighted by atomic mass is 9.82. The second kappa shape index (κ2) is 11.7. The first-order valence-electron chi connectivity index (χ1n) is 13.5. The summed E-state index contributed by atoms with van der Waals surface area (Å²) in [5.74, 6) is 4.15. The first kappa shape index (κ1) is 27.2. The molecule has 1 atom stereocenters. The van der Waals surface area contributed by atoms with Crippen LogP contribution >= 0.6 is 0 Å². The topological polar surface area (TPSA) is 69.0 Å². The average Bonchev–Trinajstić information content (AvgIpc) is 3.55. The van der Waals surface area contributed by atoms with E-state index in [0.717, 1.165) is 36.8 Å². The predicted octanol–water partition coefficient (Wildman–Crippen LogP) is 6.30. The lowest BCUT2D eigenvalue weighted by molar-refractivity contribution is -0.124. The van der Waals surface area contributed by atoms with Gasteiger partial charge in [-0.05, 0) is 69.2 Å². The molecular formula is C30H39NO5Si. The molecule has 1 saturated heterocycles. The molecule has 198 valence electrons. The van der Waals surface area contributed by atoms with Gasteiger partial charge in [-0.2, -0.15) is 0 Å². The van der Waals surface area contributed by atoms with Crippen molar-refractivity contribution >= 4 is 25.8 Å². The van der Waals surface area contributed by atoms with Crippen LogP contribution < -0.4 is 4.90 Å². The molecule has 1 aliphatic carbocycles. The van der Waals surface area contributed by atoms with Crippen molar-refractivity contribution in [2.24, 2.45) is 11.8 Å². The minimum absolute atomic E-state index is 0.0193. The van der Waals surface area contributed by atoms with E-state index in [1.807, 2.05) is 24.3 Å². The highest BCUT2D eigenvalue weighted by Gasteiger charge is 2.39. The molecule has 2 aliphatic rings. The van der Waals surface area contributed by atoms with Gasteiger partial charge in [0.05, 0.1) is 19.3 Å². The second-order valence-electron chi connectivity index (χ2n) is 11.3. The van der Waals surface area contributed by atoms with Gasteiger partial charge in [0.15, 0.2) is 0 Å². The molecule has 0 bridgehead atoms. The minimum atomic E-state index is -1.48. The normalized spacial score (nSPS) is 21.7. The van der Waals surface area contributed by atoms with Gasteiger partial charge in [0, 0.05) is 29.7 Å². The lowest BCUT2D eigenvalue weighted by Gasteiger charge is -2.33. The van der Waals surface area contributed by atoms with Crippen molar-refractivity contribution in [2.45, 2.75) is 71.6 Å². The number of esters is 1. The zero-order valence-corrected chi connectivity index (χ0v) is 23.8. The van der Waals surface area contributed by atoms with Crippen LogP contribution in [0, 0.1) is 23.3 Å². The van der Waals surface area contributed by atoms with Gasteiger partial charge in [-0.15, -0.1) is 5.54 Å². The Hall–Kier alpha value is -2.82. The Labute approximate surface area is 221 Å². The number of nitrogens with zero attached hydrogens (tertiary/aromatic N) is 1. The number of benzene rings is 1. The first-order valence-corrected chi connectivity index (χ1v) is 17.0. The van der Waals surface area contributed by atoms with Crippen molar-refractivity contribution in [1.29, 1.82) is 0 Å². The van der Waals surface area contributed by atoms with Gasteiger partial charge in [0.2, 0.25) is 11.8 Å². The summed E-state index contributed by atoms with van der Waals surface area (Å²) in [5, 5.41) is 0. The lowest BCUT2D eigenvalue weighted by Crippen LogP contribution is -2.45. The van der Waals surface area contributed by atoms with Crippen LogP contribution in [0.25, 0.3) is 11.3 Å². The van der Waals surface area contributed by atoms with E-state index in [2.05, 4.69) is 38.0 Å². The molecule has 4 rings (SSSR count). The molecule has 1 unspecified atom stereocenters. The van der Waals surface area contributed by atoms with E-state index >= 15 is 0 Å². The number of furan rings is 1. The van der Waals surface area contributed by atoms with Crippen molar-refractivity contribution in [1.82, 2.24) is 0 Å². The smallest absolute Gasteiger partial charge is 0.343 e. The summed E-state index contributed by atoms with van der Waals surface area (Å²) in [6, 6.07) is 9.35. The number of carbonyl (C=O) groups is 2. The van der Waals surface area contributed by atoms with Gasteiger partial charge in [-0.1, -0.05) is 32.5 Å². The average molecular weight is 522 g/mol. The molecule has 7 heteroatoms. The summed E-state index contributed by atoms with van der Waals surface area (Å²) in [5.41, 5.74) is 5.42. The maximum atomic E-state index is 13.9. The van der Waals surface area contributed by atoms with E-state index in [9.17, 15) is 9.59 Å². The highest BCUT2D eigenvalue weighted by atomic mass is 28.3. The van der Waals surface area contributed by atoms with Crippen LogP contribution in [0.15, 0.2) is 34.7 Å². The fraction of sp³-hybridized carbons (Fsp3) is 0.533. The van der Waals surface area contributed by atoms with Crippen LogP contribution in [0.4, 0.5) is 5.88 Å². The van der Waals surface area contributed by atoms with E-state index in [1.54, 1.807) is 17.9 Å². The quantitative estimate of drug-likeness (QED) is 0.253. The molecule has 2 aromatic rings. The van der Waals surface area contributed by atoms with Crippen LogP contribution in [0.1, 0.15) is 61.9 Å². The third-order valence-electron chi connectivity index (χ3n) is 7.05. The molecule has 2 fully saturated rings. The molecule has 0 radical (unpaired) electrons. The Kier molecular flexibility index (Phi) is 8.61. The molecule has 1 amide bonds. The summed E-state index contributed by atoms with van der Waals surface area (Å²) >= 11 is 0. The standard InChI is InChI=1S/C30H39NO5Si/c1-6-35-30(33)26-19-27(23-13-9-22(10-14-23)16-18-37(3,4)5)36-29(26)31(25-15-17-34-20-25)28(32)24-11-7-21(2)8-12-24/h9-10,13-14,19,21,24-25H,6-8,11-12,15,17,20H2,1-5H3. The van der Waals surface area contributed by atoms with E-state index < -0.39 is 14.0 Å². The van der Waals surface area contributed by atoms with E-state index in [1.165, 1.54) is 0 Å². The maximum absolute atomic E-state index is 13.9. The highest BCUT2D eigenvalue weighted by Crippen LogP contribution is 2.38. The van der Waals surface area contributed by atoms with E-state index in [4.69, 9.17) is 13.9 Å². The van der Waals surface area contributed by atoms with Gasteiger partial charge in [0.1, 0.15) is 19.4 Å². The number of anilines is 1. The zero-order chi connectivity index (χ0) is 26.6. The molecule has 37 heavy (non-hydrogen) atoms. The third kappa shape index (κ3) is 6.74. The van der Waals surface area contributed by atoms with Crippen molar-refractivity contribution in [2.75, 3.05) is 24.7 Å². The summed E-state index contributed by atoms with van der Waals surface area (Å²) in [4.78, 5) is 28.7. The molecule has 2 heterocycles. The number of rotatable bonds is 6. The van der Waals surface area contributed by atoms with Crippen molar-refractivity contribution < 1.29 is 23.5 Å². The minimum Gasteiger partial charge on any atom is -0.462 e. The van der Waals surface area contributed by atoms with E-state index in [0.29, 0.717) is 31.3 Å². The van der Waals surface area contributed by atoms with Crippen LogP contribution in [0.2, 0.25) is 19.6 Å². The van der Waals surface area contributed by atoms with Crippen LogP contribution in [0.5, 0.6) is 0 Å². The Balaban J connectivity index is 1.71. The number of hydrogen-bond acceptors (Lipinski definition) is 5. The fourth-order valence-corrected chi connectivity index (χ4v) is 5.43. The Bertz CT molecular complexity index is 1150. The van der Waals surface area contributed by atoms with Gasteiger partial charge in [-0.3, -0.25) is 9.69 Å². The van der Waals surface area contributed by atoms with Crippen molar-refractivity contribution in [3.63, 3.8) is 0 Å². The molecule has 1 aromatic carbocycles. The van der Waals surface area contributed by atoms with Gasteiger partial charge in [-0.25, -0.2) is 4.79 Å². The Morgan fingerprint density at radius 1 is 1.08 bits per heavy atom. The molecule has 1 aliphatic heterocycles. The van der Waals surface area contributed by atoms with Gasteiger partial charge < -0.3 is 13.9 Å². The van der Waals surface area contributed by atoms with Crippen molar-refractivity contribution in [3.8, 4) is 22.8 Å². The monoisotopic (exact) mass is 521 g/mol. The molecule has 0 N–H and O–H groups in total. The zero-order valence-electron chi connectivity index (χ0n) is 22.8. The Morgan fingerprint density at radius 3 is 2.38 bits per heavy atom. The Morgan fingerprint density at radius 2 is 1.78 bits per heavy atom. The van der Waals surface area contributed by atoms with Crippen LogP contribution in [-0.4, -0.2) is 45.8 Å². The number of carbonyl (C=O) groups excluding carboxylic acids is 2. The first-order chi connectivity index (χ1) is 17.7. The second-order valence-corrected chi connectivity index (χ2v) is 16.1. The number of amides is 1. The summed E-state index contributed by atoms with van der Waals surface area (Å²) in [7, 11) is -1.48. The fourth-order valence-electron chi connectivity index (χ4n) is 4.91.